The maximum atomic E-state index is 11.9. The van der Waals surface area contributed by atoms with Crippen molar-refractivity contribution in [2.75, 3.05) is 19.7 Å². The van der Waals surface area contributed by atoms with Gasteiger partial charge in [-0.1, -0.05) is 0 Å². The van der Waals surface area contributed by atoms with E-state index in [4.69, 9.17) is 10.2 Å². The lowest BCUT2D eigenvalue weighted by Crippen LogP contribution is -2.68. The molecule has 0 amide bonds. The molecular formula is C13H18N2O9. The monoisotopic (exact) mass is 346 g/mol. The molecule has 134 valence electrons. The van der Waals surface area contributed by atoms with Crippen LogP contribution >= 0.6 is 0 Å². The van der Waals surface area contributed by atoms with Crippen LogP contribution in [-0.4, -0.2) is 91.3 Å². The summed E-state index contributed by atoms with van der Waals surface area (Å²) in [4.78, 5) is 50.3. The van der Waals surface area contributed by atoms with E-state index in [2.05, 4.69) is 4.99 Å². The standard InChI is InChI=1S/C13H18N2O9/c16-5-1-2-13(12(23)24)9(11(21)22)14-3-4-15(13)7(10(19)20)6-8(17)18/h7,16H,1-6H2,(H,17,18)(H,19,20)(H,21,22)(H,23,24). The number of carboxylic acid groups (broad SMARTS) is 4. The van der Waals surface area contributed by atoms with Gasteiger partial charge in [0.1, 0.15) is 6.04 Å². The van der Waals surface area contributed by atoms with Crippen LogP contribution in [0.15, 0.2) is 4.99 Å². The fraction of sp³-hybridized carbons (Fsp3) is 0.615. The molecule has 0 fully saturated rings. The molecule has 0 aromatic carbocycles. The molecule has 11 nitrogen and oxygen atoms in total. The normalized spacial score (nSPS) is 22.5. The van der Waals surface area contributed by atoms with Gasteiger partial charge in [-0.15, -0.1) is 0 Å². The Morgan fingerprint density at radius 2 is 1.79 bits per heavy atom. The summed E-state index contributed by atoms with van der Waals surface area (Å²) in [6, 6.07) is -1.75. The van der Waals surface area contributed by atoms with Gasteiger partial charge in [0, 0.05) is 13.2 Å². The largest absolute Gasteiger partial charge is 0.481 e. The van der Waals surface area contributed by atoms with E-state index in [0.29, 0.717) is 0 Å². The summed E-state index contributed by atoms with van der Waals surface area (Å²) in [7, 11) is 0. The average molecular weight is 346 g/mol. The molecule has 1 aliphatic rings. The topological polar surface area (TPSA) is 185 Å². The molecule has 2 unspecified atom stereocenters. The van der Waals surface area contributed by atoms with Crippen LogP contribution in [-0.2, 0) is 19.2 Å². The second-order valence-electron chi connectivity index (χ2n) is 5.17. The van der Waals surface area contributed by atoms with Crippen LogP contribution in [0.3, 0.4) is 0 Å². The molecule has 1 rings (SSSR count). The highest BCUT2D eigenvalue weighted by atomic mass is 16.4. The molecule has 0 saturated heterocycles. The molecule has 5 N–H and O–H groups in total. The van der Waals surface area contributed by atoms with Gasteiger partial charge >= 0.3 is 23.9 Å². The molecule has 1 aliphatic heterocycles. The number of hydrogen-bond donors (Lipinski definition) is 5. The van der Waals surface area contributed by atoms with Gasteiger partial charge in [-0.3, -0.25) is 19.5 Å². The Morgan fingerprint density at radius 1 is 1.17 bits per heavy atom. The van der Waals surface area contributed by atoms with E-state index in [9.17, 15) is 34.5 Å². The third-order valence-electron chi connectivity index (χ3n) is 3.78. The summed E-state index contributed by atoms with van der Waals surface area (Å²) >= 11 is 0. The van der Waals surface area contributed by atoms with Crippen molar-refractivity contribution in [1.29, 1.82) is 0 Å². The number of aliphatic hydroxyl groups excluding tert-OH is 1. The number of carbonyl (C=O) groups is 4. The third kappa shape index (κ3) is 3.68. The van der Waals surface area contributed by atoms with Crippen LogP contribution in [0, 0.1) is 0 Å². The van der Waals surface area contributed by atoms with E-state index < -0.39 is 60.6 Å². The summed E-state index contributed by atoms with van der Waals surface area (Å²) in [5.74, 6) is -6.35. The van der Waals surface area contributed by atoms with Crippen molar-refractivity contribution in [3.8, 4) is 0 Å². The van der Waals surface area contributed by atoms with Gasteiger partial charge < -0.3 is 25.5 Å². The van der Waals surface area contributed by atoms with Crippen LogP contribution in [0.25, 0.3) is 0 Å². The fourth-order valence-corrected chi connectivity index (χ4v) is 2.82. The van der Waals surface area contributed by atoms with Gasteiger partial charge in [0.15, 0.2) is 11.3 Å². The summed E-state index contributed by atoms with van der Waals surface area (Å²) < 4.78 is 0. The predicted molar refractivity (Wildman–Crippen MR) is 77.0 cm³/mol. The van der Waals surface area contributed by atoms with E-state index in [1.807, 2.05) is 0 Å². The zero-order valence-electron chi connectivity index (χ0n) is 12.6. The Labute approximate surface area is 135 Å². The molecule has 24 heavy (non-hydrogen) atoms. The quantitative estimate of drug-likeness (QED) is 0.324. The molecular weight excluding hydrogens is 328 g/mol. The maximum Gasteiger partial charge on any atom is 0.352 e. The zero-order chi connectivity index (χ0) is 18.5. The summed E-state index contributed by atoms with van der Waals surface area (Å²) in [6.07, 6.45) is -1.46. The number of aliphatic carboxylic acids is 4. The first-order chi connectivity index (χ1) is 11.2. The van der Waals surface area contributed by atoms with E-state index in [1.165, 1.54) is 0 Å². The second kappa shape index (κ2) is 7.84. The summed E-state index contributed by atoms with van der Waals surface area (Å²) in [5.41, 5.74) is -3.10. The first-order valence-corrected chi connectivity index (χ1v) is 7.02. The molecule has 0 saturated carbocycles. The van der Waals surface area contributed by atoms with E-state index in [1.54, 1.807) is 0 Å². The van der Waals surface area contributed by atoms with Crippen LogP contribution in [0.1, 0.15) is 19.3 Å². The fourth-order valence-electron chi connectivity index (χ4n) is 2.82. The highest BCUT2D eigenvalue weighted by Crippen LogP contribution is 2.31. The van der Waals surface area contributed by atoms with Crippen molar-refractivity contribution in [2.45, 2.75) is 30.8 Å². The minimum atomic E-state index is -2.33. The van der Waals surface area contributed by atoms with Crippen molar-refractivity contribution in [3.63, 3.8) is 0 Å². The highest BCUT2D eigenvalue weighted by molar-refractivity contribution is 6.44. The molecule has 0 aliphatic carbocycles. The van der Waals surface area contributed by atoms with Crippen LogP contribution in [0.4, 0.5) is 0 Å². The minimum absolute atomic E-state index is 0.130. The maximum absolute atomic E-state index is 11.9. The SMILES string of the molecule is O=C(O)CC(C(=O)O)N1CCN=C(C(=O)O)C1(CCCO)C(=O)O. The molecule has 1 heterocycles. The van der Waals surface area contributed by atoms with Gasteiger partial charge in [0.25, 0.3) is 0 Å². The number of aliphatic hydroxyl groups is 1. The molecule has 0 spiro atoms. The Hall–Kier alpha value is -2.53. The third-order valence-corrected chi connectivity index (χ3v) is 3.78. The van der Waals surface area contributed by atoms with Crippen molar-refractivity contribution >= 4 is 29.6 Å². The van der Waals surface area contributed by atoms with Gasteiger partial charge in [0.05, 0.1) is 13.0 Å². The summed E-state index contributed by atoms with van der Waals surface area (Å²) in [5, 5.41) is 46.1. The lowest BCUT2D eigenvalue weighted by atomic mass is 9.82. The number of rotatable bonds is 9. The van der Waals surface area contributed by atoms with E-state index >= 15 is 0 Å². The van der Waals surface area contributed by atoms with Gasteiger partial charge in [-0.05, 0) is 12.8 Å². The number of nitrogens with zero attached hydrogens (tertiary/aromatic N) is 2. The number of aliphatic imine (C=N–C) groups is 1. The molecule has 2 atom stereocenters. The first kappa shape index (κ1) is 19.5. The highest BCUT2D eigenvalue weighted by Gasteiger charge is 2.56. The zero-order valence-corrected chi connectivity index (χ0v) is 12.6. The predicted octanol–water partition coefficient (Wildman–Crippen LogP) is -1.65. The molecule has 0 bridgehead atoms. The Balaban J connectivity index is 3.50. The molecule has 0 aromatic heterocycles. The van der Waals surface area contributed by atoms with Crippen LogP contribution < -0.4 is 0 Å². The lowest BCUT2D eigenvalue weighted by molar-refractivity contribution is -0.160. The van der Waals surface area contributed by atoms with Crippen molar-refractivity contribution in [3.05, 3.63) is 0 Å². The van der Waals surface area contributed by atoms with Gasteiger partial charge in [0.2, 0.25) is 0 Å². The number of hydrogen-bond acceptors (Lipinski definition) is 7. The Bertz CT molecular complexity index is 574. The van der Waals surface area contributed by atoms with Crippen LogP contribution in [0.2, 0.25) is 0 Å². The van der Waals surface area contributed by atoms with Crippen molar-refractivity contribution in [2.24, 2.45) is 4.99 Å². The number of carboxylic acids is 4. The lowest BCUT2D eigenvalue weighted by Gasteiger charge is -2.45. The molecule has 11 heteroatoms. The average Bonchev–Trinajstić information content (AvgIpc) is 2.49. The van der Waals surface area contributed by atoms with Gasteiger partial charge in [-0.25, -0.2) is 9.59 Å². The van der Waals surface area contributed by atoms with E-state index in [0.717, 1.165) is 4.90 Å². The first-order valence-electron chi connectivity index (χ1n) is 7.02. The molecule has 0 aromatic rings. The second-order valence-corrected chi connectivity index (χ2v) is 5.17. The Kier molecular flexibility index (Phi) is 6.37. The van der Waals surface area contributed by atoms with Crippen molar-refractivity contribution < 1.29 is 44.7 Å². The van der Waals surface area contributed by atoms with E-state index in [-0.39, 0.29) is 19.5 Å². The molecule has 0 radical (unpaired) electrons. The Morgan fingerprint density at radius 3 is 2.21 bits per heavy atom. The minimum Gasteiger partial charge on any atom is -0.481 e. The smallest absolute Gasteiger partial charge is 0.352 e. The van der Waals surface area contributed by atoms with Crippen molar-refractivity contribution in [1.82, 2.24) is 4.90 Å². The summed E-state index contributed by atoms with van der Waals surface area (Å²) in [6.45, 7) is -0.871. The van der Waals surface area contributed by atoms with Crippen LogP contribution in [0.5, 0.6) is 0 Å². The van der Waals surface area contributed by atoms with Gasteiger partial charge in [-0.2, -0.15) is 0 Å².